The smallest absolute Gasteiger partial charge is 0.252 e. The standard InChI is InChI=1S/C24H29N3O3S/c1-17(18(2)31)22(28)27-21(23(29)25-15-13-19-9-5-3-6-10-19)24(30)26-16-14-20-11-7-4-8-12-20/h3-12,17,21H,13-16H2,1-2H3,(H,25,29)(H,26,30)(H,27,28). The third-order valence-electron chi connectivity index (χ3n) is 4.93. The zero-order chi connectivity index (χ0) is 22.6. The molecule has 2 aromatic carbocycles. The van der Waals surface area contributed by atoms with Crippen molar-refractivity contribution in [1.82, 2.24) is 16.0 Å². The fourth-order valence-corrected chi connectivity index (χ4v) is 2.96. The topological polar surface area (TPSA) is 87.3 Å². The van der Waals surface area contributed by atoms with Gasteiger partial charge in [0.2, 0.25) is 5.91 Å². The summed E-state index contributed by atoms with van der Waals surface area (Å²) in [6.45, 7) is 4.02. The molecule has 2 rings (SSSR count). The van der Waals surface area contributed by atoms with Crippen molar-refractivity contribution in [2.24, 2.45) is 5.92 Å². The molecule has 0 aromatic heterocycles. The third-order valence-corrected chi connectivity index (χ3v) is 5.28. The maximum Gasteiger partial charge on any atom is 0.252 e. The van der Waals surface area contributed by atoms with Crippen molar-refractivity contribution < 1.29 is 14.4 Å². The lowest BCUT2D eigenvalue weighted by Gasteiger charge is -2.20. The van der Waals surface area contributed by atoms with Gasteiger partial charge in [-0.05, 0) is 37.8 Å². The zero-order valence-corrected chi connectivity index (χ0v) is 18.7. The molecule has 0 radical (unpaired) electrons. The van der Waals surface area contributed by atoms with Gasteiger partial charge in [0.05, 0.1) is 5.92 Å². The maximum absolute atomic E-state index is 12.7. The molecule has 3 amide bonds. The van der Waals surface area contributed by atoms with Crippen LogP contribution in [0, 0.1) is 5.92 Å². The lowest BCUT2D eigenvalue weighted by Crippen LogP contribution is -2.56. The van der Waals surface area contributed by atoms with Gasteiger partial charge < -0.3 is 16.0 Å². The van der Waals surface area contributed by atoms with E-state index in [-0.39, 0.29) is 0 Å². The van der Waals surface area contributed by atoms with Crippen LogP contribution in [-0.2, 0) is 27.2 Å². The molecule has 1 unspecified atom stereocenters. The van der Waals surface area contributed by atoms with E-state index in [1.165, 1.54) is 0 Å². The molecule has 0 aliphatic rings. The monoisotopic (exact) mass is 439 g/mol. The molecule has 3 N–H and O–H groups in total. The van der Waals surface area contributed by atoms with Crippen LogP contribution in [0.4, 0.5) is 0 Å². The minimum atomic E-state index is -1.32. The van der Waals surface area contributed by atoms with Gasteiger partial charge in [-0.25, -0.2) is 0 Å². The molecule has 2 aromatic rings. The SMILES string of the molecule is CC(=S)C(C)C(=O)NC(C(=O)NCCc1ccccc1)C(=O)NCCc1ccccc1. The van der Waals surface area contributed by atoms with Gasteiger partial charge in [0.1, 0.15) is 0 Å². The van der Waals surface area contributed by atoms with Crippen LogP contribution in [0.5, 0.6) is 0 Å². The first-order chi connectivity index (χ1) is 14.9. The van der Waals surface area contributed by atoms with Crippen LogP contribution < -0.4 is 16.0 Å². The fraction of sp³-hybridized carbons (Fsp3) is 0.333. The Hall–Kier alpha value is -3.06. The van der Waals surface area contributed by atoms with Crippen LogP contribution in [-0.4, -0.2) is 41.7 Å². The number of carbonyl (C=O) groups is 3. The molecule has 31 heavy (non-hydrogen) atoms. The van der Waals surface area contributed by atoms with Crippen molar-refractivity contribution >= 4 is 34.8 Å². The van der Waals surface area contributed by atoms with Crippen LogP contribution in [0.15, 0.2) is 60.7 Å². The molecule has 0 aliphatic heterocycles. The van der Waals surface area contributed by atoms with Crippen LogP contribution >= 0.6 is 12.2 Å². The Balaban J connectivity index is 1.96. The van der Waals surface area contributed by atoms with Crippen molar-refractivity contribution in [3.63, 3.8) is 0 Å². The van der Waals surface area contributed by atoms with Crippen molar-refractivity contribution in [3.05, 3.63) is 71.8 Å². The first-order valence-electron chi connectivity index (χ1n) is 10.3. The van der Waals surface area contributed by atoms with E-state index in [2.05, 4.69) is 16.0 Å². The largest absolute Gasteiger partial charge is 0.354 e. The number of amides is 3. The Kier molecular flexibility index (Phi) is 9.84. The highest BCUT2D eigenvalue weighted by Crippen LogP contribution is 2.02. The van der Waals surface area contributed by atoms with Gasteiger partial charge in [0.15, 0.2) is 6.04 Å². The molecule has 0 fully saturated rings. The lowest BCUT2D eigenvalue weighted by molar-refractivity contribution is -0.137. The average molecular weight is 440 g/mol. The molecule has 0 heterocycles. The average Bonchev–Trinajstić information content (AvgIpc) is 2.77. The number of carbonyl (C=O) groups excluding carboxylic acids is 3. The molecular weight excluding hydrogens is 410 g/mol. The Labute approximate surface area is 188 Å². The number of hydrogen-bond donors (Lipinski definition) is 3. The highest BCUT2D eigenvalue weighted by molar-refractivity contribution is 7.80. The minimum absolute atomic E-state index is 0.355. The molecular formula is C24H29N3O3S. The van der Waals surface area contributed by atoms with Crippen molar-refractivity contribution in [2.45, 2.75) is 32.7 Å². The number of hydrogen-bond acceptors (Lipinski definition) is 4. The molecule has 0 saturated heterocycles. The summed E-state index contributed by atoms with van der Waals surface area (Å²) in [5.41, 5.74) is 2.14. The van der Waals surface area contributed by atoms with Crippen molar-refractivity contribution in [1.29, 1.82) is 0 Å². The Morgan fingerprint density at radius 3 is 1.58 bits per heavy atom. The second kappa shape index (κ2) is 12.6. The highest BCUT2D eigenvalue weighted by Gasteiger charge is 2.30. The Morgan fingerprint density at radius 2 is 1.19 bits per heavy atom. The van der Waals surface area contributed by atoms with Gasteiger partial charge in [-0.2, -0.15) is 0 Å². The second-order valence-corrected chi connectivity index (χ2v) is 7.97. The fourth-order valence-electron chi connectivity index (χ4n) is 2.86. The van der Waals surface area contributed by atoms with Gasteiger partial charge in [0.25, 0.3) is 11.8 Å². The number of nitrogens with one attached hydrogen (secondary N) is 3. The van der Waals surface area contributed by atoms with E-state index < -0.39 is 29.7 Å². The van der Waals surface area contributed by atoms with Gasteiger partial charge in [-0.15, -0.1) is 0 Å². The summed E-state index contributed by atoms with van der Waals surface area (Å²) in [4.78, 5) is 38.4. The second-order valence-electron chi connectivity index (χ2n) is 7.33. The molecule has 7 heteroatoms. The summed E-state index contributed by atoms with van der Waals surface area (Å²) >= 11 is 5.06. The maximum atomic E-state index is 12.7. The zero-order valence-electron chi connectivity index (χ0n) is 17.9. The van der Waals surface area contributed by atoms with E-state index in [1.54, 1.807) is 13.8 Å². The van der Waals surface area contributed by atoms with E-state index in [1.807, 2.05) is 60.7 Å². The summed E-state index contributed by atoms with van der Waals surface area (Å²) in [5.74, 6) is -2.12. The minimum Gasteiger partial charge on any atom is -0.354 e. The summed E-state index contributed by atoms with van der Waals surface area (Å²) in [6.07, 6.45) is 1.25. The normalized spacial score (nSPS) is 11.5. The van der Waals surface area contributed by atoms with Gasteiger partial charge in [0, 0.05) is 18.0 Å². The molecule has 0 aliphatic carbocycles. The Bertz CT molecular complexity index is 830. The summed E-state index contributed by atoms with van der Waals surface area (Å²) in [7, 11) is 0. The third kappa shape index (κ3) is 8.30. The van der Waals surface area contributed by atoms with Gasteiger partial charge in [-0.1, -0.05) is 72.9 Å². The summed E-state index contributed by atoms with van der Waals surface area (Å²) < 4.78 is 0. The molecule has 164 valence electrons. The van der Waals surface area contributed by atoms with Crippen molar-refractivity contribution in [3.8, 4) is 0 Å². The van der Waals surface area contributed by atoms with E-state index in [0.29, 0.717) is 30.8 Å². The first-order valence-corrected chi connectivity index (χ1v) is 10.7. The molecule has 6 nitrogen and oxygen atoms in total. The molecule has 0 saturated carbocycles. The molecule has 0 spiro atoms. The van der Waals surface area contributed by atoms with E-state index in [4.69, 9.17) is 12.2 Å². The highest BCUT2D eigenvalue weighted by atomic mass is 32.1. The van der Waals surface area contributed by atoms with E-state index >= 15 is 0 Å². The van der Waals surface area contributed by atoms with Gasteiger partial charge >= 0.3 is 0 Å². The van der Waals surface area contributed by atoms with Crippen LogP contribution in [0.3, 0.4) is 0 Å². The molecule has 0 bridgehead atoms. The Morgan fingerprint density at radius 1 is 0.774 bits per heavy atom. The van der Waals surface area contributed by atoms with E-state index in [9.17, 15) is 14.4 Å². The first kappa shape index (κ1) is 24.2. The lowest BCUT2D eigenvalue weighted by atomic mass is 10.1. The van der Waals surface area contributed by atoms with E-state index in [0.717, 1.165) is 11.1 Å². The predicted molar refractivity (Wildman–Crippen MR) is 126 cm³/mol. The predicted octanol–water partition coefficient (Wildman–Crippen LogP) is 2.21. The number of benzene rings is 2. The van der Waals surface area contributed by atoms with Crippen LogP contribution in [0.1, 0.15) is 25.0 Å². The van der Waals surface area contributed by atoms with Crippen LogP contribution in [0.25, 0.3) is 0 Å². The van der Waals surface area contributed by atoms with Crippen LogP contribution in [0.2, 0.25) is 0 Å². The molecule has 1 atom stereocenters. The summed E-state index contributed by atoms with van der Waals surface area (Å²) in [6, 6.07) is 18.1. The quantitative estimate of drug-likeness (QED) is 0.370. The number of thiocarbonyl (C=S) groups is 1. The van der Waals surface area contributed by atoms with Crippen molar-refractivity contribution in [2.75, 3.05) is 13.1 Å². The number of rotatable bonds is 11. The summed E-state index contributed by atoms with van der Waals surface area (Å²) in [5, 5.41) is 8.04. The van der Waals surface area contributed by atoms with Gasteiger partial charge in [-0.3, -0.25) is 14.4 Å².